The Morgan fingerprint density at radius 3 is 3.00 bits per heavy atom. The van der Waals surface area contributed by atoms with Gasteiger partial charge in [0.25, 0.3) is 0 Å². The summed E-state index contributed by atoms with van der Waals surface area (Å²) < 4.78 is 6.89. The molecule has 0 radical (unpaired) electrons. The summed E-state index contributed by atoms with van der Waals surface area (Å²) in [5.74, 6) is 1.06. The molecule has 1 aliphatic heterocycles. The molecule has 0 spiro atoms. The van der Waals surface area contributed by atoms with Crippen LogP contribution >= 0.6 is 27.7 Å². The summed E-state index contributed by atoms with van der Waals surface area (Å²) in [6.45, 7) is 1.57. The smallest absolute Gasteiger partial charge is 0.127 e. The van der Waals surface area contributed by atoms with Crippen molar-refractivity contribution in [2.75, 3.05) is 18.2 Å². The van der Waals surface area contributed by atoms with Gasteiger partial charge in [-0.1, -0.05) is 28.1 Å². The van der Waals surface area contributed by atoms with Crippen LogP contribution in [0.25, 0.3) is 0 Å². The highest BCUT2D eigenvalue weighted by atomic mass is 79.9. The Balaban J connectivity index is 1.82. The molecule has 2 nitrogen and oxygen atoms in total. The van der Waals surface area contributed by atoms with Crippen molar-refractivity contribution in [3.05, 3.63) is 52.0 Å². The van der Waals surface area contributed by atoms with E-state index >= 15 is 0 Å². The van der Waals surface area contributed by atoms with Crippen molar-refractivity contribution in [3.8, 4) is 5.75 Å². The van der Waals surface area contributed by atoms with Crippen LogP contribution in [0.15, 0.2) is 45.8 Å². The Morgan fingerprint density at radius 2 is 2.15 bits per heavy atom. The molecule has 3 rings (SSSR count). The zero-order valence-electron chi connectivity index (χ0n) is 11.3. The maximum Gasteiger partial charge on any atom is 0.127 e. The first-order chi connectivity index (χ1) is 9.78. The van der Waals surface area contributed by atoms with Gasteiger partial charge in [0, 0.05) is 33.6 Å². The number of halogens is 1. The number of nitrogens with one attached hydrogen (secondary N) is 1. The Hall–Kier alpha value is -1.13. The molecule has 0 saturated heterocycles. The highest BCUT2D eigenvalue weighted by Crippen LogP contribution is 2.34. The maximum absolute atomic E-state index is 5.76. The number of anilines is 1. The third kappa shape index (κ3) is 2.81. The Bertz CT molecular complexity index is 630. The highest BCUT2D eigenvalue weighted by Gasteiger charge is 2.17. The van der Waals surface area contributed by atoms with E-state index in [1.165, 1.54) is 21.7 Å². The lowest BCUT2D eigenvalue weighted by Gasteiger charge is -2.13. The average Bonchev–Trinajstić information content (AvgIpc) is 2.93. The van der Waals surface area contributed by atoms with Gasteiger partial charge in [-0.25, -0.2) is 0 Å². The average molecular weight is 350 g/mol. The van der Waals surface area contributed by atoms with E-state index in [4.69, 9.17) is 4.74 Å². The minimum absolute atomic E-state index is 0.777. The Kier molecular flexibility index (Phi) is 4.22. The lowest BCUT2D eigenvalue weighted by atomic mass is 10.1. The van der Waals surface area contributed by atoms with Crippen LogP contribution in [0.4, 0.5) is 5.69 Å². The van der Waals surface area contributed by atoms with E-state index in [-0.39, 0.29) is 0 Å². The molecule has 0 amide bonds. The molecule has 1 heterocycles. The van der Waals surface area contributed by atoms with Gasteiger partial charge in [-0.05, 0) is 36.1 Å². The summed E-state index contributed by atoms with van der Waals surface area (Å²) in [5, 5.41) is 3.52. The molecule has 1 N–H and O–H groups in total. The number of fused-ring (bicyclic) bond motifs is 1. The topological polar surface area (TPSA) is 21.3 Å². The van der Waals surface area contributed by atoms with Crippen LogP contribution in [0.1, 0.15) is 11.1 Å². The largest absolute Gasteiger partial charge is 0.493 e. The normalized spacial score (nSPS) is 12.9. The van der Waals surface area contributed by atoms with Crippen LogP contribution in [0.5, 0.6) is 5.75 Å². The van der Waals surface area contributed by atoms with Crippen molar-refractivity contribution in [1.82, 2.24) is 0 Å². The summed E-state index contributed by atoms with van der Waals surface area (Å²) in [5.41, 5.74) is 3.68. The molecule has 20 heavy (non-hydrogen) atoms. The van der Waals surface area contributed by atoms with Gasteiger partial charge in [-0.15, -0.1) is 11.8 Å². The van der Waals surface area contributed by atoms with Crippen LogP contribution in [-0.2, 0) is 13.0 Å². The maximum atomic E-state index is 5.76. The molecule has 0 aliphatic carbocycles. The molecule has 104 valence electrons. The van der Waals surface area contributed by atoms with Crippen molar-refractivity contribution in [2.24, 2.45) is 0 Å². The van der Waals surface area contributed by atoms with Gasteiger partial charge in [-0.3, -0.25) is 0 Å². The van der Waals surface area contributed by atoms with E-state index in [0.29, 0.717) is 0 Å². The lowest BCUT2D eigenvalue weighted by Crippen LogP contribution is -2.02. The van der Waals surface area contributed by atoms with E-state index < -0.39 is 0 Å². The molecule has 0 atom stereocenters. The molecule has 1 aliphatic rings. The molecule has 0 unspecified atom stereocenters. The van der Waals surface area contributed by atoms with E-state index in [0.717, 1.165) is 29.8 Å². The second-order valence-corrected chi connectivity index (χ2v) is 6.47. The second-order valence-electron chi connectivity index (χ2n) is 4.71. The van der Waals surface area contributed by atoms with Gasteiger partial charge in [0.05, 0.1) is 6.61 Å². The van der Waals surface area contributed by atoms with E-state index in [1.807, 2.05) is 0 Å². The Labute approximate surface area is 132 Å². The minimum Gasteiger partial charge on any atom is -0.493 e. The monoisotopic (exact) mass is 349 g/mol. The molecule has 0 bridgehead atoms. The summed E-state index contributed by atoms with van der Waals surface area (Å²) in [7, 11) is 0. The number of para-hydroxylation sites is 1. The zero-order chi connectivity index (χ0) is 13.9. The van der Waals surface area contributed by atoms with Gasteiger partial charge >= 0.3 is 0 Å². The summed E-state index contributed by atoms with van der Waals surface area (Å²) in [6, 6.07) is 12.7. The standard InChI is InChI=1S/C16H16BrNOS/c1-20-15-5-3-2-4-14(15)18-10-12-9-13(17)8-11-6-7-19-16(11)12/h2-5,8-9,18H,6-7,10H2,1H3. The van der Waals surface area contributed by atoms with Gasteiger partial charge in [0.15, 0.2) is 0 Å². The molecule has 2 aromatic carbocycles. The highest BCUT2D eigenvalue weighted by molar-refractivity contribution is 9.10. The van der Waals surface area contributed by atoms with Crippen LogP contribution in [0, 0.1) is 0 Å². The van der Waals surface area contributed by atoms with Gasteiger partial charge in [-0.2, -0.15) is 0 Å². The van der Waals surface area contributed by atoms with Crippen molar-refractivity contribution < 1.29 is 4.74 Å². The van der Waals surface area contributed by atoms with Gasteiger partial charge < -0.3 is 10.1 Å². The molecular formula is C16H16BrNOS. The third-order valence-electron chi connectivity index (χ3n) is 3.40. The quantitative estimate of drug-likeness (QED) is 0.807. The number of hydrogen-bond donors (Lipinski definition) is 1. The van der Waals surface area contributed by atoms with Crippen molar-refractivity contribution in [3.63, 3.8) is 0 Å². The third-order valence-corrected chi connectivity index (χ3v) is 4.66. The number of rotatable bonds is 4. The number of ether oxygens (including phenoxy) is 1. The lowest BCUT2D eigenvalue weighted by molar-refractivity contribution is 0.354. The molecule has 0 fully saturated rings. The van der Waals surface area contributed by atoms with Gasteiger partial charge in [0.1, 0.15) is 5.75 Å². The van der Waals surface area contributed by atoms with E-state index in [2.05, 4.69) is 63.9 Å². The van der Waals surface area contributed by atoms with Crippen molar-refractivity contribution >= 4 is 33.4 Å². The number of hydrogen-bond acceptors (Lipinski definition) is 3. The zero-order valence-corrected chi connectivity index (χ0v) is 13.7. The molecule has 2 aromatic rings. The first-order valence-corrected chi connectivity index (χ1v) is 8.60. The van der Waals surface area contributed by atoms with Crippen LogP contribution in [0.2, 0.25) is 0 Å². The van der Waals surface area contributed by atoms with Crippen LogP contribution < -0.4 is 10.1 Å². The first-order valence-electron chi connectivity index (χ1n) is 6.59. The van der Waals surface area contributed by atoms with Crippen LogP contribution in [0.3, 0.4) is 0 Å². The summed E-state index contributed by atoms with van der Waals surface area (Å²) in [4.78, 5) is 1.26. The Morgan fingerprint density at radius 1 is 1.30 bits per heavy atom. The second kappa shape index (κ2) is 6.10. The fraction of sp³-hybridized carbons (Fsp3) is 0.250. The summed E-state index contributed by atoms with van der Waals surface area (Å²) in [6.07, 6.45) is 3.10. The molecular weight excluding hydrogens is 334 g/mol. The fourth-order valence-electron chi connectivity index (χ4n) is 2.46. The number of thioether (sulfide) groups is 1. The van der Waals surface area contributed by atoms with Crippen LogP contribution in [-0.4, -0.2) is 12.9 Å². The SMILES string of the molecule is CSc1ccccc1NCc1cc(Br)cc2c1OCC2. The first kappa shape index (κ1) is 13.8. The molecule has 4 heteroatoms. The van der Waals surface area contributed by atoms with E-state index in [9.17, 15) is 0 Å². The van der Waals surface area contributed by atoms with Gasteiger partial charge in [0.2, 0.25) is 0 Å². The fourth-order valence-corrected chi connectivity index (χ4v) is 3.59. The number of benzene rings is 2. The van der Waals surface area contributed by atoms with E-state index in [1.54, 1.807) is 11.8 Å². The van der Waals surface area contributed by atoms with Crippen molar-refractivity contribution in [2.45, 2.75) is 17.9 Å². The predicted molar refractivity (Wildman–Crippen MR) is 88.9 cm³/mol. The predicted octanol–water partition coefficient (Wildman–Crippen LogP) is 4.72. The summed E-state index contributed by atoms with van der Waals surface area (Å²) >= 11 is 5.34. The molecule has 0 saturated carbocycles. The van der Waals surface area contributed by atoms with Crippen molar-refractivity contribution in [1.29, 1.82) is 0 Å². The minimum atomic E-state index is 0.777. The molecule has 0 aromatic heterocycles.